The Morgan fingerprint density at radius 3 is 2.74 bits per heavy atom. The van der Waals surface area contributed by atoms with Crippen molar-refractivity contribution in [2.24, 2.45) is 0 Å². The van der Waals surface area contributed by atoms with Crippen molar-refractivity contribution in [3.05, 3.63) is 76.7 Å². The Balaban J connectivity index is 1.73. The molecule has 7 heteroatoms. The topological polar surface area (TPSA) is 76.1 Å². The summed E-state index contributed by atoms with van der Waals surface area (Å²) >= 11 is 6.04. The highest BCUT2D eigenvalue weighted by atomic mass is 35.5. The third kappa shape index (κ3) is 4.74. The average Bonchev–Trinajstić information content (AvgIpc) is 2.67. The molecule has 0 bridgehead atoms. The van der Waals surface area contributed by atoms with Crippen molar-refractivity contribution in [1.29, 1.82) is 0 Å². The van der Waals surface area contributed by atoms with E-state index in [-0.39, 0.29) is 11.6 Å². The second kappa shape index (κ2) is 8.51. The molecule has 0 spiro atoms. The summed E-state index contributed by atoms with van der Waals surface area (Å²) in [6, 6.07) is 14.7. The van der Waals surface area contributed by atoms with Gasteiger partial charge in [-0.05, 0) is 36.2 Å². The molecule has 3 rings (SSSR count). The van der Waals surface area contributed by atoms with E-state index in [0.29, 0.717) is 28.8 Å². The number of rotatable bonds is 6. The van der Waals surface area contributed by atoms with Gasteiger partial charge in [0, 0.05) is 17.6 Å². The third-order valence-electron chi connectivity index (χ3n) is 4.02. The van der Waals surface area contributed by atoms with Crippen molar-refractivity contribution in [2.75, 3.05) is 12.4 Å². The lowest BCUT2D eigenvalue weighted by Gasteiger charge is -2.12. The van der Waals surface area contributed by atoms with Gasteiger partial charge in [0.15, 0.2) is 0 Å². The monoisotopic (exact) mass is 382 g/mol. The molecule has 138 valence electrons. The van der Waals surface area contributed by atoms with Gasteiger partial charge in [0.05, 0.1) is 12.8 Å². The maximum Gasteiger partial charge on any atom is 0.270 e. The van der Waals surface area contributed by atoms with Gasteiger partial charge < -0.3 is 15.4 Å². The van der Waals surface area contributed by atoms with Gasteiger partial charge in [-0.1, -0.05) is 35.9 Å². The Kier molecular flexibility index (Phi) is 5.88. The van der Waals surface area contributed by atoms with Crippen molar-refractivity contribution >= 4 is 29.0 Å². The van der Waals surface area contributed by atoms with Crippen LogP contribution in [-0.4, -0.2) is 23.0 Å². The van der Waals surface area contributed by atoms with Gasteiger partial charge in [-0.15, -0.1) is 0 Å². The van der Waals surface area contributed by atoms with Gasteiger partial charge in [0.25, 0.3) is 5.91 Å². The Hall–Kier alpha value is -3.12. The third-order valence-corrected chi connectivity index (χ3v) is 4.26. The van der Waals surface area contributed by atoms with E-state index in [0.717, 1.165) is 11.1 Å². The fraction of sp³-hybridized carbons (Fsp3) is 0.150. The van der Waals surface area contributed by atoms with Gasteiger partial charge in [-0.2, -0.15) is 0 Å². The first-order chi connectivity index (χ1) is 13.1. The summed E-state index contributed by atoms with van der Waals surface area (Å²) in [6.45, 7) is 2.44. The van der Waals surface area contributed by atoms with Crippen molar-refractivity contribution in [2.45, 2.75) is 13.5 Å². The molecule has 1 heterocycles. The summed E-state index contributed by atoms with van der Waals surface area (Å²) in [5.41, 5.74) is 3.09. The summed E-state index contributed by atoms with van der Waals surface area (Å²) in [7, 11) is 1.57. The van der Waals surface area contributed by atoms with E-state index < -0.39 is 0 Å². The molecule has 2 aromatic carbocycles. The van der Waals surface area contributed by atoms with Crippen LogP contribution >= 0.6 is 11.6 Å². The Morgan fingerprint density at radius 2 is 1.96 bits per heavy atom. The lowest BCUT2D eigenvalue weighted by atomic mass is 10.1. The molecule has 0 aliphatic rings. The molecule has 0 unspecified atom stereocenters. The van der Waals surface area contributed by atoms with Gasteiger partial charge >= 0.3 is 0 Å². The summed E-state index contributed by atoms with van der Waals surface area (Å²) in [5, 5.41) is 6.54. The van der Waals surface area contributed by atoms with Crippen LogP contribution in [0.1, 0.15) is 21.6 Å². The van der Waals surface area contributed by atoms with Gasteiger partial charge in [0.2, 0.25) is 0 Å². The number of benzene rings is 2. The molecule has 1 amide bonds. The number of nitrogens with zero attached hydrogens (tertiary/aromatic N) is 2. The van der Waals surface area contributed by atoms with Gasteiger partial charge in [-0.25, -0.2) is 9.97 Å². The molecule has 0 saturated heterocycles. The minimum Gasteiger partial charge on any atom is -0.495 e. The molecule has 3 aromatic rings. The van der Waals surface area contributed by atoms with Crippen molar-refractivity contribution in [3.8, 4) is 5.75 Å². The first-order valence-electron chi connectivity index (χ1n) is 8.32. The number of carbonyl (C=O) groups excluding carboxylic acids is 1. The van der Waals surface area contributed by atoms with Crippen molar-refractivity contribution in [3.63, 3.8) is 0 Å². The minimum atomic E-state index is -0.276. The number of aromatic nitrogens is 2. The summed E-state index contributed by atoms with van der Waals surface area (Å²) < 4.78 is 5.31. The van der Waals surface area contributed by atoms with Crippen LogP contribution in [0.4, 0.5) is 11.5 Å². The number of halogens is 1. The number of hydrogen-bond acceptors (Lipinski definition) is 5. The number of aryl methyl sites for hydroxylation is 1. The molecule has 0 fully saturated rings. The molecule has 2 N–H and O–H groups in total. The predicted octanol–water partition coefficient (Wildman–Crippen LogP) is 4.12. The van der Waals surface area contributed by atoms with E-state index in [4.69, 9.17) is 16.3 Å². The molecular weight excluding hydrogens is 364 g/mol. The van der Waals surface area contributed by atoms with Crippen LogP contribution in [0, 0.1) is 6.92 Å². The Morgan fingerprint density at radius 1 is 1.15 bits per heavy atom. The first kappa shape index (κ1) is 18.7. The highest BCUT2D eigenvalue weighted by Crippen LogP contribution is 2.29. The van der Waals surface area contributed by atoms with Crippen molar-refractivity contribution in [1.82, 2.24) is 15.3 Å². The van der Waals surface area contributed by atoms with E-state index in [1.165, 1.54) is 6.33 Å². The van der Waals surface area contributed by atoms with Crippen LogP contribution in [0.25, 0.3) is 0 Å². The van der Waals surface area contributed by atoms with E-state index in [2.05, 4.69) is 20.6 Å². The number of ether oxygens (including phenoxy) is 1. The highest BCUT2D eigenvalue weighted by molar-refractivity contribution is 6.31. The quantitative estimate of drug-likeness (QED) is 0.670. The zero-order valence-electron chi connectivity index (χ0n) is 15.0. The number of hydrogen-bond donors (Lipinski definition) is 2. The zero-order chi connectivity index (χ0) is 19.2. The van der Waals surface area contributed by atoms with Crippen molar-refractivity contribution < 1.29 is 9.53 Å². The molecule has 6 nitrogen and oxygen atoms in total. The minimum absolute atomic E-state index is 0.266. The number of carbonyl (C=O) groups is 1. The molecule has 0 saturated carbocycles. The largest absolute Gasteiger partial charge is 0.495 e. The van der Waals surface area contributed by atoms with E-state index in [1.54, 1.807) is 31.4 Å². The molecule has 0 radical (unpaired) electrons. The van der Waals surface area contributed by atoms with Crippen LogP contribution < -0.4 is 15.4 Å². The molecule has 27 heavy (non-hydrogen) atoms. The summed E-state index contributed by atoms with van der Waals surface area (Å²) in [4.78, 5) is 20.6. The average molecular weight is 383 g/mol. The second-order valence-corrected chi connectivity index (χ2v) is 6.30. The maximum atomic E-state index is 12.4. The van der Waals surface area contributed by atoms with Crippen LogP contribution in [0.3, 0.4) is 0 Å². The molecule has 1 aromatic heterocycles. The lowest BCUT2D eigenvalue weighted by molar-refractivity contribution is 0.0945. The molecule has 0 aliphatic carbocycles. The smallest absolute Gasteiger partial charge is 0.270 e. The fourth-order valence-corrected chi connectivity index (χ4v) is 2.71. The van der Waals surface area contributed by atoms with Crippen LogP contribution in [0.15, 0.2) is 54.9 Å². The predicted molar refractivity (Wildman–Crippen MR) is 106 cm³/mol. The Bertz CT molecular complexity index is 962. The fourth-order valence-electron chi connectivity index (χ4n) is 2.54. The Labute approximate surface area is 162 Å². The van der Waals surface area contributed by atoms with Crippen LogP contribution in [-0.2, 0) is 6.54 Å². The summed E-state index contributed by atoms with van der Waals surface area (Å²) in [5.74, 6) is 0.803. The van der Waals surface area contributed by atoms with Crippen LogP contribution in [0.2, 0.25) is 5.02 Å². The number of anilines is 2. The normalized spacial score (nSPS) is 10.3. The van der Waals surface area contributed by atoms with Gasteiger partial charge in [0.1, 0.15) is 23.6 Å². The molecule has 0 aliphatic heterocycles. The van der Waals surface area contributed by atoms with E-state index in [9.17, 15) is 4.79 Å². The van der Waals surface area contributed by atoms with Crippen LogP contribution in [0.5, 0.6) is 5.75 Å². The molecule has 0 atom stereocenters. The number of nitrogens with one attached hydrogen (secondary N) is 2. The standard InChI is InChI=1S/C20H19ClN4O2/c1-13-5-3-4-6-14(13)11-22-20(26)17-10-19(24-12-23-17)25-16-9-15(21)7-8-18(16)27-2/h3-10,12H,11H2,1-2H3,(H,22,26)(H,23,24,25). The molecular formula is C20H19ClN4O2. The maximum absolute atomic E-state index is 12.4. The second-order valence-electron chi connectivity index (χ2n) is 5.87. The number of amides is 1. The van der Waals surface area contributed by atoms with E-state index >= 15 is 0 Å². The highest BCUT2D eigenvalue weighted by Gasteiger charge is 2.11. The van der Waals surface area contributed by atoms with E-state index in [1.807, 2.05) is 31.2 Å². The number of methoxy groups -OCH3 is 1. The first-order valence-corrected chi connectivity index (χ1v) is 8.70. The zero-order valence-corrected chi connectivity index (χ0v) is 15.7. The summed E-state index contributed by atoms with van der Waals surface area (Å²) in [6.07, 6.45) is 1.34. The SMILES string of the molecule is COc1ccc(Cl)cc1Nc1cc(C(=O)NCc2ccccc2C)ncn1. The van der Waals surface area contributed by atoms with Gasteiger partial charge in [-0.3, -0.25) is 4.79 Å². The lowest BCUT2D eigenvalue weighted by Crippen LogP contribution is -2.24.